The lowest BCUT2D eigenvalue weighted by atomic mass is 9.78. The van der Waals surface area contributed by atoms with E-state index in [9.17, 15) is 9.18 Å². The second-order valence-electron chi connectivity index (χ2n) is 8.19. The van der Waals surface area contributed by atoms with Crippen LogP contribution in [0.3, 0.4) is 0 Å². The zero-order chi connectivity index (χ0) is 21.3. The summed E-state index contributed by atoms with van der Waals surface area (Å²) in [5.74, 6) is 0.192. The molecule has 1 aromatic carbocycles. The van der Waals surface area contributed by atoms with Gasteiger partial charge in [-0.3, -0.25) is 9.88 Å². The summed E-state index contributed by atoms with van der Waals surface area (Å²) in [7, 11) is 0. The summed E-state index contributed by atoms with van der Waals surface area (Å²) < 4.78 is 19.0. The third-order valence-corrected chi connectivity index (χ3v) is 6.90. The molecule has 8 heteroatoms. The quantitative estimate of drug-likeness (QED) is 0.582. The highest BCUT2D eigenvalue weighted by Gasteiger charge is 2.47. The number of ether oxygens (including phenoxy) is 1. The molecule has 1 aliphatic heterocycles. The molecule has 2 aliphatic rings. The molecule has 31 heavy (non-hydrogen) atoms. The van der Waals surface area contributed by atoms with E-state index >= 15 is 0 Å². The van der Waals surface area contributed by atoms with Crippen LogP contribution in [0.15, 0.2) is 54.0 Å². The maximum Gasteiger partial charge on any atom is 0.415 e. The van der Waals surface area contributed by atoms with Gasteiger partial charge in [-0.25, -0.2) is 14.2 Å². The number of rotatable bonds is 5. The summed E-state index contributed by atoms with van der Waals surface area (Å²) in [5, 5.41) is 6.37. The Balaban J connectivity index is 1.15. The molecule has 0 unspecified atom stereocenters. The van der Waals surface area contributed by atoms with Crippen molar-refractivity contribution in [3.05, 3.63) is 59.9 Å². The Morgan fingerprint density at radius 2 is 1.97 bits per heavy atom. The normalized spacial score (nSPS) is 23.2. The highest BCUT2D eigenvalue weighted by atomic mass is 32.1. The number of nitrogens with one attached hydrogen (secondary N) is 1. The molecule has 3 heterocycles. The van der Waals surface area contributed by atoms with Crippen LogP contribution < -0.4 is 10.2 Å². The molecule has 1 amide bonds. The first-order valence-corrected chi connectivity index (χ1v) is 11.4. The number of carbonyl (C=O) groups excluding carboxylic acids is 1. The molecule has 0 radical (unpaired) electrons. The topological polar surface area (TPSA) is 67.3 Å². The minimum Gasteiger partial charge on any atom is -0.441 e. The number of amides is 1. The van der Waals surface area contributed by atoms with Gasteiger partial charge in [0.05, 0.1) is 12.2 Å². The first-order chi connectivity index (χ1) is 15.1. The van der Waals surface area contributed by atoms with Crippen molar-refractivity contribution in [2.24, 2.45) is 5.92 Å². The van der Waals surface area contributed by atoms with Crippen molar-refractivity contribution in [1.82, 2.24) is 9.97 Å². The fourth-order valence-electron chi connectivity index (χ4n) is 4.33. The molecule has 2 fully saturated rings. The van der Waals surface area contributed by atoms with E-state index < -0.39 is 5.60 Å². The molecule has 160 valence electrons. The van der Waals surface area contributed by atoms with Gasteiger partial charge in [0.2, 0.25) is 0 Å². The van der Waals surface area contributed by atoms with Gasteiger partial charge in [0, 0.05) is 23.8 Å². The maximum atomic E-state index is 13.2. The third kappa shape index (κ3) is 4.25. The molecule has 1 saturated heterocycles. The van der Waals surface area contributed by atoms with Gasteiger partial charge in [-0.2, -0.15) is 0 Å². The maximum absolute atomic E-state index is 13.2. The fraction of sp³-hybridized carbons (Fsp3) is 0.348. The van der Waals surface area contributed by atoms with E-state index in [1.54, 1.807) is 34.6 Å². The van der Waals surface area contributed by atoms with Gasteiger partial charge in [-0.1, -0.05) is 6.07 Å². The first-order valence-electron chi connectivity index (χ1n) is 10.5. The van der Waals surface area contributed by atoms with E-state index in [2.05, 4.69) is 15.3 Å². The van der Waals surface area contributed by atoms with Crippen LogP contribution in [-0.2, 0) is 4.74 Å². The highest BCUT2D eigenvalue weighted by molar-refractivity contribution is 7.14. The highest BCUT2D eigenvalue weighted by Crippen LogP contribution is 2.41. The molecule has 6 nitrogen and oxygen atoms in total. The van der Waals surface area contributed by atoms with Crippen molar-refractivity contribution in [3.8, 4) is 11.4 Å². The summed E-state index contributed by atoms with van der Waals surface area (Å²) in [5.41, 5.74) is 2.00. The van der Waals surface area contributed by atoms with Crippen molar-refractivity contribution < 1.29 is 13.9 Å². The Morgan fingerprint density at radius 1 is 1.16 bits per heavy atom. The molecule has 1 aliphatic carbocycles. The van der Waals surface area contributed by atoms with Crippen LogP contribution in [0.4, 0.5) is 20.0 Å². The molecule has 1 saturated carbocycles. The van der Waals surface area contributed by atoms with Gasteiger partial charge in [0.15, 0.2) is 5.13 Å². The van der Waals surface area contributed by atoms with E-state index in [0.717, 1.165) is 48.7 Å². The van der Waals surface area contributed by atoms with E-state index in [-0.39, 0.29) is 11.9 Å². The Hall–Kier alpha value is -3.00. The largest absolute Gasteiger partial charge is 0.441 e. The number of hydrogen-bond donors (Lipinski definition) is 1. The Morgan fingerprint density at radius 3 is 2.71 bits per heavy atom. The fourth-order valence-corrected chi connectivity index (χ4v) is 5.04. The lowest BCUT2D eigenvalue weighted by Crippen LogP contribution is -2.39. The zero-order valence-electron chi connectivity index (χ0n) is 17.0. The second kappa shape index (κ2) is 8.26. The smallest absolute Gasteiger partial charge is 0.415 e. The van der Waals surface area contributed by atoms with E-state index in [1.807, 2.05) is 23.6 Å². The van der Waals surface area contributed by atoms with Crippen molar-refractivity contribution in [1.29, 1.82) is 0 Å². The van der Waals surface area contributed by atoms with Gasteiger partial charge in [-0.05, 0) is 68.0 Å². The van der Waals surface area contributed by atoms with Gasteiger partial charge in [-0.15, -0.1) is 11.3 Å². The molecule has 3 aromatic rings. The molecule has 1 spiro atoms. The van der Waals surface area contributed by atoms with Crippen LogP contribution in [0.2, 0.25) is 0 Å². The van der Waals surface area contributed by atoms with Crippen molar-refractivity contribution in [2.75, 3.05) is 23.3 Å². The van der Waals surface area contributed by atoms with Gasteiger partial charge < -0.3 is 10.1 Å². The SMILES string of the molecule is O=C1O[C@]2(CC[C@H](CNc3nc(-c4ccccn4)cs3)CC2)CN1c1ccc(F)cc1. The van der Waals surface area contributed by atoms with Crippen molar-refractivity contribution in [3.63, 3.8) is 0 Å². The molecular formula is C23H23FN4O2S. The molecular weight excluding hydrogens is 415 g/mol. The predicted octanol–water partition coefficient (Wildman–Crippen LogP) is 5.34. The summed E-state index contributed by atoms with van der Waals surface area (Å²) >= 11 is 1.59. The molecule has 0 bridgehead atoms. The number of thiazole rings is 1. The summed E-state index contributed by atoms with van der Waals surface area (Å²) in [6, 6.07) is 11.8. The Kier molecular flexibility index (Phi) is 5.31. The molecule has 2 aromatic heterocycles. The zero-order valence-corrected chi connectivity index (χ0v) is 17.8. The number of nitrogens with zero attached hydrogens (tertiary/aromatic N) is 3. The summed E-state index contributed by atoms with van der Waals surface area (Å²) in [4.78, 5) is 23.0. The number of halogens is 1. The molecule has 1 N–H and O–H groups in total. The third-order valence-electron chi connectivity index (χ3n) is 6.10. The number of hydrogen-bond acceptors (Lipinski definition) is 6. The minimum atomic E-state index is -0.435. The van der Waals surface area contributed by atoms with Gasteiger partial charge in [0.1, 0.15) is 17.1 Å². The van der Waals surface area contributed by atoms with Crippen LogP contribution in [0.25, 0.3) is 11.4 Å². The van der Waals surface area contributed by atoms with Gasteiger partial charge >= 0.3 is 6.09 Å². The monoisotopic (exact) mass is 438 g/mol. The van der Waals surface area contributed by atoms with Crippen molar-refractivity contribution in [2.45, 2.75) is 31.3 Å². The average molecular weight is 439 g/mol. The van der Waals surface area contributed by atoms with Crippen LogP contribution in [0.1, 0.15) is 25.7 Å². The second-order valence-corrected chi connectivity index (χ2v) is 9.05. The number of benzene rings is 1. The number of aromatic nitrogens is 2. The van der Waals surface area contributed by atoms with Gasteiger partial charge in [0.25, 0.3) is 0 Å². The van der Waals surface area contributed by atoms with Crippen LogP contribution in [0, 0.1) is 11.7 Å². The summed E-state index contributed by atoms with van der Waals surface area (Å²) in [6.45, 7) is 1.37. The van der Waals surface area contributed by atoms with Crippen molar-refractivity contribution >= 4 is 28.2 Å². The standard InChI is InChI=1S/C23H23FN4O2S/c24-17-4-6-18(7-5-17)28-15-23(30-22(28)29)10-8-16(9-11-23)13-26-21-27-20(14-31-21)19-3-1-2-12-25-19/h1-7,12,14,16H,8-11,13,15H2,(H,26,27)/t16-,23-. The Bertz CT molecular complexity index is 1050. The van der Waals surface area contributed by atoms with Crippen LogP contribution in [0.5, 0.6) is 0 Å². The van der Waals surface area contributed by atoms with Crippen LogP contribution >= 0.6 is 11.3 Å². The average Bonchev–Trinajstić information content (AvgIpc) is 3.40. The first kappa shape index (κ1) is 19.9. The lowest BCUT2D eigenvalue weighted by molar-refractivity contribution is 0.0148. The van der Waals surface area contributed by atoms with E-state index in [4.69, 9.17) is 4.74 Å². The van der Waals surface area contributed by atoms with Crippen LogP contribution in [-0.4, -0.2) is 34.8 Å². The number of anilines is 2. The minimum absolute atomic E-state index is 0.314. The molecule has 5 rings (SSSR count). The summed E-state index contributed by atoms with van der Waals surface area (Å²) in [6.07, 6.45) is 5.06. The number of carbonyl (C=O) groups is 1. The number of pyridine rings is 1. The van der Waals surface area contributed by atoms with E-state index in [0.29, 0.717) is 18.2 Å². The molecule has 0 atom stereocenters. The lowest BCUT2D eigenvalue weighted by Gasteiger charge is -2.35. The van der Waals surface area contributed by atoms with E-state index in [1.165, 1.54) is 12.1 Å². The predicted molar refractivity (Wildman–Crippen MR) is 119 cm³/mol. The Labute approximate surface area is 184 Å².